The van der Waals surface area contributed by atoms with Gasteiger partial charge in [-0.25, -0.2) is 8.78 Å². The molecule has 214 valence electrons. The van der Waals surface area contributed by atoms with E-state index in [9.17, 15) is 32.2 Å². The summed E-state index contributed by atoms with van der Waals surface area (Å²) in [5.74, 6) is 0.561. The molecule has 0 aromatic rings. The van der Waals surface area contributed by atoms with Crippen LogP contribution in [0.4, 0.5) is 22.0 Å². The Morgan fingerprint density at radius 2 is 1.49 bits per heavy atom. The van der Waals surface area contributed by atoms with Gasteiger partial charge < -0.3 is 10.2 Å². The second-order valence-corrected chi connectivity index (χ2v) is 14.4. The molecule has 5 aliphatic carbocycles. The van der Waals surface area contributed by atoms with E-state index in [0.717, 1.165) is 38.5 Å². The van der Waals surface area contributed by atoms with Crippen LogP contribution in [0.1, 0.15) is 117 Å². The molecule has 2 nitrogen and oxygen atoms in total. The molecule has 9 atom stereocenters. The van der Waals surface area contributed by atoms with E-state index in [4.69, 9.17) is 0 Å². The Morgan fingerprint density at radius 3 is 2.16 bits per heavy atom. The number of hydrogen-bond acceptors (Lipinski definition) is 2. The Morgan fingerprint density at radius 1 is 0.811 bits per heavy atom. The van der Waals surface area contributed by atoms with Gasteiger partial charge in [0.05, 0.1) is 5.60 Å². The van der Waals surface area contributed by atoms with Crippen LogP contribution in [-0.4, -0.2) is 33.5 Å². The maximum Gasteiger partial charge on any atom is 0.417 e. The zero-order valence-electron chi connectivity index (χ0n) is 22.6. The van der Waals surface area contributed by atoms with Crippen LogP contribution >= 0.6 is 0 Å². The average Bonchev–Trinajstić information content (AvgIpc) is 3.17. The molecule has 2 N–H and O–H groups in total. The van der Waals surface area contributed by atoms with Crippen molar-refractivity contribution in [1.82, 2.24) is 0 Å². The van der Waals surface area contributed by atoms with Crippen LogP contribution in [0.25, 0.3) is 0 Å². The molecule has 5 fully saturated rings. The molecule has 0 bridgehead atoms. The summed E-state index contributed by atoms with van der Waals surface area (Å²) in [6, 6.07) is 0. The van der Waals surface area contributed by atoms with Crippen LogP contribution < -0.4 is 0 Å². The molecule has 37 heavy (non-hydrogen) atoms. The second kappa shape index (κ2) is 9.59. The first-order chi connectivity index (χ1) is 17.2. The Balaban J connectivity index is 1.17. The number of rotatable bonds is 5. The summed E-state index contributed by atoms with van der Waals surface area (Å²) < 4.78 is 67.6. The van der Waals surface area contributed by atoms with Gasteiger partial charge in [0.25, 0.3) is 0 Å². The summed E-state index contributed by atoms with van der Waals surface area (Å²) in [7, 11) is 0. The molecule has 0 aromatic carbocycles. The number of hydrogen-bond donors (Lipinski definition) is 2. The monoisotopic (exact) mass is 534 g/mol. The van der Waals surface area contributed by atoms with E-state index in [-0.39, 0.29) is 49.9 Å². The summed E-state index contributed by atoms with van der Waals surface area (Å²) in [6.45, 7) is 4.80. The van der Waals surface area contributed by atoms with Gasteiger partial charge in [-0.2, -0.15) is 13.2 Å². The molecule has 5 rings (SSSR count). The second-order valence-electron chi connectivity index (χ2n) is 14.4. The van der Waals surface area contributed by atoms with Crippen LogP contribution in [0, 0.1) is 46.8 Å². The lowest BCUT2D eigenvalue weighted by Gasteiger charge is -2.57. The fraction of sp³-hybridized carbons (Fsp3) is 1.00. The molecule has 0 spiro atoms. The van der Waals surface area contributed by atoms with E-state index in [0.29, 0.717) is 48.3 Å². The lowest BCUT2D eigenvalue weighted by Crippen LogP contribution is -2.55. The topological polar surface area (TPSA) is 40.5 Å². The van der Waals surface area contributed by atoms with Crippen molar-refractivity contribution in [2.24, 2.45) is 46.8 Å². The average molecular weight is 535 g/mol. The van der Waals surface area contributed by atoms with Crippen molar-refractivity contribution in [1.29, 1.82) is 0 Å². The number of alkyl halides is 5. The van der Waals surface area contributed by atoms with Crippen molar-refractivity contribution < 1.29 is 32.2 Å². The smallest absolute Gasteiger partial charge is 0.390 e. The Bertz CT molecular complexity index is 819. The molecule has 0 aliphatic heterocycles. The van der Waals surface area contributed by atoms with Crippen LogP contribution in [0.3, 0.4) is 0 Å². The van der Waals surface area contributed by atoms with Gasteiger partial charge in [-0.3, -0.25) is 0 Å². The highest BCUT2D eigenvalue weighted by Crippen LogP contribution is 2.66. The molecular weight excluding hydrogens is 487 g/mol. The van der Waals surface area contributed by atoms with Crippen molar-refractivity contribution in [2.45, 2.75) is 140 Å². The molecule has 0 unspecified atom stereocenters. The van der Waals surface area contributed by atoms with Gasteiger partial charge in [0.15, 0.2) is 5.60 Å². The van der Waals surface area contributed by atoms with Gasteiger partial charge in [-0.1, -0.05) is 26.7 Å². The normalized spacial score (nSPS) is 46.0. The largest absolute Gasteiger partial charge is 0.417 e. The quantitative estimate of drug-likeness (QED) is 0.348. The first-order valence-corrected chi connectivity index (χ1v) is 15.1. The lowest BCUT2D eigenvalue weighted by molar-refractivity contribution is -0.282. The summed E-state index contributed by atoms with van der Waals surface area (Å²) >= 11 is 0. The third kappa shape index (κ3) is 5.11. The predicted molar refractivity (Wildman–Crippen MR) is 133 cm³/mol. The molecule has 0 heterocycles. The molecule has 0 aromatic heterocycles. The standard InChI is InChI=1S/C30H47F5O2/c1-19(4-3-11-27(36)14-16-29(31,32)17-15-27)24-7-8-25-23-6-5-20-18-28(37,30(33,34)35)13-10-21(20)22(23)9-12-26(24,25)2/h19-25,36-37H,3-18H2,1-2H3/t19-,20+,21+,22-,23-,24-,25+,26-,28+/m1/s1. The van der Waals surface area contributed by atoms with Gasteiger partial charge in [-0.05, 0) is 124 Å². The van der Waals surface area contributed by atoms with Crippen LogP contribution in [0.2, 0.25) is 0 Å². The molecule has 0 amide bonds. The minimum atomic E-state index is -4.54. The molecular formula is C30H47F5O2. The lowest BCUT2D eigenvalue weighted by atomic mass is 9.48. The SMILES string of the molecule is C[C@H](CCCC1(O)CCC(F)(F)CC1)[C@H]1CC[C@H]2[C@@H]3CC[C@H]4C[C@](O)(C(F)(F)F)CC[C@@H]4[C@H]3CC[C@]12C. The molecule has 0 saturated heterocycles. The van der Waals surface area contributed by atoms with Crippen LogP contribution in [0.15, 0.2) is 0 Å². The van der Waals surface area contributed by atoms with Crippen LogP contribution in [0.5, 0.6) is 0 Å². The fourth-order valence-corrected chi connectivity index (χ4v) is 10.4. The number of fused-ring (bicyclic) bond motifs is 5. The maximum atomic E-state index is 13.5. The van der Waals surface area contributed by atoms with E-state index in [1.165, 1.54) is 12.8 Å². The third-order valence-corrected chi connectivity index (χ3v) is 12.5. The van der Waals surface area contributed by atoms with E-state index >= 15 is 0 Å². The Kier molecular flexibility index (Phi) is 7.29. The Hall–Kier alpha value is -0.430. The number of halogens is 5. The van der Waals surface area contributed by atoms with E-state index < -0.39 is 23.3 Å². The van der Waals surface area contributed by atoms with Crippen molar-refractivity contribution in [2.75, 3.05) is 0 Å². The van der Waals surface area contributed by atoms with Gasteiger partial charge in [0.1, 0.15) is 0 Å². The number of aliphatic hydroxyl groups is 2. The summed E-state index contributed by atoms with van der Waals surface area (Å²) in [5, 5.41) is 21.2. The molecule has 5 saturated carbocycles. The fourth-order valence-electron chi connectivity index (χ4n) is 10.4. The van der Waals surface area contributed by atoms with Gasteiger partial charge >= 0.3 is 6.18 Å². The molecule has 5 aliphatic rings. The van der Waals surface area contributed by atoms with Crippen molar-refractivity contribution >= 4 is 0 Å². The molecule has 7 heteroatoms. The highest BCUT2D eigenvalue weighted by Gasteiger charge is 2.62. The predicted octanol–water partition coefficient (Wildman–Crippen LogP) is 8.30. The zero-order chi connectivity index (χ0) is 26.9. The first kappa shape index (κ1) is 28.1. The van der Waals surface area contributed by atoms with Crippen LogP contribution in [-0.2, 0) is 0 Å². The highest BCUT2D eigenvalue weighted by molar-refractivity contribution is 5.08. The van der Waals surface area contributed by atoms with Crippen molar-refractivity contribution in [3.8, 4) is 0 Å². The first-order valence-electron chi connectivity index (χ1n) is 15.1. The maximum absolute atomic E-state index is 13.5. The van der Waals surface area contributed by atoms with Gasteiger partial charge in [-0.15, -0.1) is 0 Å². The molecule has 0 radical (unpaired) electrons. The van der Waals surface area contributed by atoms with Crippen molar-refractivity contribution in [3.63, 3.8) is 0 Å². The summed E-state index contributed by atoms with van der Waals surface area (Å²) in [6.07, 6.45) is 4.63. The van der Waals surface area contributed by atoms with Crippen molar-refractivity contribution in [3.05, 3.63) is 0 Å². The van der Waals surface area contributed by atoms with Gasteiger partial charge in [0.2, 0.25) is 5.92 Å². The van der Waals surface area contributed by atoms with Gasteiger partial charge in [0, 0.05) is 12.8 Å². The minimum absolute atomic E-state index is 0.00681. The summed E-state index contributed by atoms with van der Waals surface area (Å²) in [5.41, 5.74) is -3.17. The van der Waals surface area contributed by atoms with E-state index in [1.54, 1.807) is 0 Å². The Labute approximate surface area is 219 Å². The third-order valence-electron chi connectivity index (χ3n) is 12.5. The van der Waals surface area contributed by atoms with E-state index in [2.05, 4.69) is 13.8 Å². The zero-order valence-corrected chi connectivity index (χ0v) is 22.6. The summed E-state index contributed by atoms with van der Waals surface area (Å²) in [4.78, 5) is 0. The minimum Gasteiger partial charge on any atom is -0.390 e. The van der Waals surface area contributed by atoms with E-state index in [1.807, 2.05) is 0 Å². The highest BCUT2D eigenvalue weighted by atomic mass is 19.4.